The summed E-state index contributed by atoms with van der Waals surface area (Å²) in [5, 5.41) is 9.12. The minimum atomic E-state index is -5.01. The number of carboxylic acid groups (broad SMARTS) is 1. The van der Waals surface area contributed by atoms with E-state index in [1.54, 1.807) is 43.3 Å². The molecule has 236 valence electrons. The van der Waals surface area contributed by atoms with Gasteiger partial charge in [-0.1, -0.05) is 11.6 Å². The van der Waals surface area contributed by atoms with Crippen LogP contribution in [0, 0.1) is 11.6 Å². The Labute approximate surface area is 262 Å². The largest absolute Gasteiger partial charge is 0.465 e. The molecule has 8 nitrogen and oxygen atoms in total. The Kier molecular flexibility index (Phi) is 7.92. The lowest BCUT2D eigenvalue weighted by Crippen LogP contribution is -2.58. The summed E-state index contributed by atoms with van der Waals surface area (Å²) in [6.45, 7) is 3.51. The van der Waals surface area contributed by atoms with Gasteiger partial charge in [0.25, 0.3) is 0 Å². The van der Waals surface area contributed by atoms with E-state index in [0.29, 0.717) is 6.07 Å². The summed E-state index contributed by atoms with van der Waals surface area (Å²) in [6, 6.07) is 4.46. The van der Waals surface area contributed by atoms with Gasteiger partial charge in [0.1, 0.15) is 17.5 Å². The third kappa shape index (κ3) is 5.47. The first-order valence-electron chi connectivity index (χ1n) is 13.9. The molecular weight excluding hydrogens is 641 g/mol. The number of thioether (sulfide) groups is 1. The molecule has 2 aromatic heterocycles. The molecule has 1 fully saturated rings. The molecule has 1 saturated heterocycles. The number of nitrogens with zero attached hydrogens (tertiary/aromatic N) is 5. The van der Waals surface area contributed by atoms with Crippen molar-refractivity contribution < 1.29 is 31.9 Å². The number of anilines is 1. The van der Waals surface area contributed by atoms with Gasteiger partial charge in [-0.25, -0.2) is 18.4 Å². The van der Waals surface area contributed by atoms with Crippen LogP contribution in [0.5, 0.6) is 0 Å². The Balaban J connectivity index is 1.68. The van der Waals surface area contributed by atoms with Crippen molar-refractivity contribution in [2.24, 2.45) is 0 Å². The smallest absolute Gasteiger partial charge is 0.417 e. The van der Waals surface area contributed by atoms with E-state index in [2.05, 4.69) is 9.97 Å². The average Bonchev–Trinajstić information content (AvgIpc) is 3.17. The SMILES string of the molecule is C[C@@H]1CN(c2nc(=O)n3c4c(c(-c5cc(Cl)c(F)cc5F)c(C(F)(F)F)cc24)SC[C@@H](c2ccncc2)C3)C[C@@H](C)N1C(=O)O. The second-order valence-corrected chi connectivity index (χ2v) is 12.6. The molecule has 0 unspecified atom stereocenters. The van der Waals surface area contributed by atoms with Gasteiger partial charge in [-0.05, 0) is 43.7 Å². The number of carbonyl (C=O) groups is 1. The zero-order valence-electron chi connectivity index (χ0n) is 23.8. The van der Waals surface area contributed by atoms with Crippen molar-refractivity contribution in [2.45, 2.75) is 49.5 Å². The maximum atomic E-state index is 15.4. The number of benzene rings is 2. The van der Waals surface area contributed by atoms with Crippen molar-refractivity contribution in [1.29, 1.82) is 0 Å². The molecule has 2 aliphatic heterocycles. The van der Waals surface area contributed by atoms with Crippen LogP contribution in [0.1, 0.15) is 30.9 Å². The van der Waals surface area contributed by atoms with E-state index in [1.807, 2.05) is 0 Å². The fraction of sp³-hybridized carbons (Fsp3) is 0.333. The van der Waals surface area contributed by atoms with Gasteiger partial charge in [-0.3, -0.25) is 14.5 Å². The molecule has 0 bridgehead atoms. The molecule has 45 heavy (non-hydrogen) atoms. The minimum absolute atomic E-state index is 0.000320. The molecule has 15 heteroatoms. The van der Waals surface area contributed by atoms with Crippen molar-refractivity contribution >= 4 is 46.2 Å². The van der Waals surface area contributed by atoms with E-state index in [4.69, 9.17) is 11.6 Å². The number of pyridine rings is 1. The molecule has 2 aliphatic rings. The van der Waals surface area contributed by atoms with Crippen LogP contribution in [0.25, 0.3) is 22.0 Å². The predicted octanol–water partition coefficient (Wildman–Crippen LogP) is 6.88. The third-order valence-electron chi connectivity index (χ3n) is 8.23. The number of rotatable bonds is 3. The van der Waals surface area contributed by atoms with Crippen LogP contribution in [-0.4, -0.2) is 61.6 Å². The van der Waals surface area contributed by atoms with Crippen LogP contribution in [0.15, 0.2) is 52.4 Å². The van der Waals surface area contributed by atoms with Crippen LogP contribution in [0.4, 0.5) is 32.6 Å². The Morgan fingerprint density at radius 2 is 1.71 bits per heavy atom. The van der Waals surface area contributed by atoms with Gasteiger partial charge >= 0.3 is 18.0 Å². The first-order chi connectivity index (χ1) is 21.3. The standard InChI is InChI=1S/C30H25ClF5N5O3S/c1-14-10-39(11-15(2)41(14)29(43)44)27-19-7-20(30(34,35)36)24(18-8-21(31)23(33)9-22(18)32)26-25(19)40(28(42)38-27)12-17(13-45-26)16-3-5-37-6-4-16/h3-9,14-15,17H,10-13H2,1-2H3,(H,43,44)/t14-,15-,17+/m1/s1. The number of aromatic nitrogens is 3. The van der Waals surface area contributed by atoms with Crippen molar-refractivity contribution in [3.8, 4) is 11.1 Å². The van der Waals surface area contributed by atoms with Crippen molar-refractivity contribution in [3.63, 3.8) is 0 Å². The molecule has 0 radical (unpaired) electrons. The van der Waals surface area contributed by atoms with Crippen LogP contribution in [0.3, 0.4) is 0 Å². The fourth-order valence-corrected chi connectivity index (χ4v) is 7.87. The lowest BCUT2D eigenvalue weighted by Gasteiger charge is -2.43. The highest BCUT2D eigenvalue weighted by molar-refractivity contribution is 7.99. The Morgan fingerprint density at radius 3 is 2.33 bits per heavy atom. The van der Waals surface area contributed by atoms with Gasteiger partial charge in [-0.2, -0.15) is 18.2 Å². The van der Waals surface area contributed by atoms with Gasteiger partial charge < -0.3 is 10.0 Å². The molecule has 3 atom stereocenters. The Hall–Kier alpha value is -3.91. The van der Waals surface area contributed by atoms with Gasteiger partial charge in [0.2, 0.25) is 0 Å². The molecule has 0 aliphatic carbocycles. The van der Waals surface area contributed by atoms with Gasteiger partial charge in [0, 0.05) is 71.2 Å². The zero-order chi connectivity index (χ0) is 32.4. The molecule has 0 saturated carbocycles. The Bertz CT molecular complexity index is 1880. The lowest BCUT2D eigenvalue weighted by atomic mass is 9.95. The highest BCUT2D eigenvalue weighted by atomic mass is 35.5. The molecule has 1 N–H and O–H groups in total. The number of alkyl halides is 3. The second kappa shape index (κ2) is 11.5. The summed E-state index contributed by atoms with van der Waals surface area (Å²) in [4.78, 5) is 36.8. The van der Waals surface area contributed by atoms with Crippen molar-refractivity contribution in [1.82, 2.24) is 19.4 Å². The van der Waals surface area contributed by atoms with E-state index in [9.17, 15) is 32.3 Å². The van der Waals surface area contributed by atoms with Crippen molar-refractivity contribution in [2.75, 3.05) is 23.7 Å². The summed E-state index contributed by atoms with van der Waals surface area (Å²) in [5.74, 6) is -2.55. The summed E-state index contributed by atoms with van der Waals surface area (Å²) in [7, 11) is 0. The van der Waals surface area contributed by atoms with Gasteiger partial charge in [-0.15, -0.1) is 11.8 Å². The summed E-state index contributed by atoms with van der Waals surface area (Å²) in [6.07, 6.45) is -3.01. The van der Waals surface area contributed by atoms with Crippen LogP contribution >= 0.6 is 23.4 Å². The molecule has 1 amide bonds. The van der Waals surface area contributed by atoms with Crippen LogP contribution in [0.2, 0.25) is 5.02 Å². The summed E-state index contributed by atoms with van der Waals surface area (Å²) in [5.41, 5.74) is -2.15. The molecule has 2 aromatic carbocycles. The van der Waals surface area contributed by atoms with Crippen LogP contribution < -0.4 is 10.6 Å². The molecule has 4 heterocycles. The second-order valence-electron chi connectivity index (χ2n) is 11.2. The van der Waals surface area contributed by atoms with E-state index in [0.717, 1.165) is 29.5 Å². The average molecular weight is 666 g/mol. The number of amides is 1. The number of hydrogen-bond acceptors (Lipinski definition) is 6. The molecule has 0 spiro atoms. The first-order valence-corrected chi connectivity index (χ1v) is 15.2. The van der Waals surface area contributed by atoms with E-state index >= 15 is 4.39 Å². The quantitative estimate of drug-likeness (QED) is 0.189. The number of hydrogen-bond donors (Lipinski definition) is 1. The predicted molar refractivity (Wildman–Crippen MR) is 160 cm³/mol. The number of piperazine rings is 1. The maximum Gasteiger partial charge on any atom is 0.417 e. The molecule has 4 aromatic rings. The highest BCUT2D eigenvalue weighted by Crippen LogP contribution is 2.50. The Morgan fingerprint density at radius 1 is 1.04 bits per heavy atom. The van der Waals surface area contributed by atoms with E-state index in [-0.39, 0.29) is 52.9 Å². The molecular formula is C30H25ClF5N5O3S. The fourth-order valence-electron chi connectivity index (χ4n) is 6.32. The minimum Gasteiger partial charge on any atom is -0.465 e. The summed E-state index contributed by atoms with van der Waals surface area (Å²) < 4.78 is 75.7. The van der Waals surface area contributed by atoms with Crippen LogP contribution in [-0.2, 0) is 12.7 Å². The summed E-state index contributed by atoms with van der Waals surface area (Å²) >= 11 is 6.99. The van der Waals surface area contributed by atoms with Gasteiger partial charge in [0.15, 0.2) is 0 Å². The zero-order valence-corrected chi connectivity index (χ0v) is 25.4. The normalized spacial score (nSPS) is 20.4. The maximum absolute atomic E-state index is 15.4. The molecule has 6 rings (SSSR count). The highest BCUT2D eigenvalue weighted by Gasteiger charge is 2.40. The van der Waals surface area contributed by atoms with Crippen molar-refractivity contribution in [3.05, 3.63) is 81.0 Å². The van der Waals surface area contributed by atoms with E-state index < -0.39 is 63.4 Å². The topological polar surface area (TPSA) is 91.6 Å². The van der Waals surface area contributed by atoms with E-state index in [1.165, 1.54) is 9.47 Å². The first kappa shape index (κ1) is 31.1. The third-order valence-corrected chi connectivity index (χ3v) is 9.78. The number of halogens is 6. The van der Waals surface area contributed by atoms with Gasteiger partial charge in [0.05, 0.1) is 28.2 Å². The lowest BCUT2D eigenvalue weighted by molar-refractivity contribution is -0.137. The monoisotopic (exact) mass is 665 g/mol.